The van der Waals surface area contributed by atoms with Crippen LogP contribution in [0.15, 0.2) is 35.9 Å². The molecule has 0 spiro atoms. The number of benzene rings is 1. The highest BCUT2D eigenvalue weighted by Gasteiger charge is 1.86. The maximum Gasteiger partial charge on any atom is 0.0642 e. The normalized spacial score (nSPS) is 8.59. The minimum Gasteiger partial charge on any atom is -0.392 e. The van der Waals surface area contributed by atoms with Crippen molar-refractivity contribution in [2.45, 2.75) is 48.5 Å². The molecule has 0 aromatic heterocycles. The average Bonchev–Trinajstić information content (AvgIpc) is 2.46. The third-order valence-electron chi connectivity index (χ3n) is 1.46. The van der Waals surface area contributed by atoms with Crippen molar-refractivity contribution in [2.75, 3.05) is 6.61 Å². The van der Waals surface area contributed by atoms with Gasteiger partial charge in [-0.3, -0.25) is 0 Å². The Hall–Kier alpha value is -1.08. The summed E-state index contributed by atoms with van der Waals surface area (Å²) in [7, 11) is 0. The molecule has 0 aliphatic heterocycles. The minimum absolute atomic E-state index is 0.134. The van der Waals surface area contributed by atoms with E-state index >= 15 is 0 Å². The lowest BCUT2D eigenvalue weighted by molar-refractivity contribution is 0.332. The Balaban J connectivity index is -0.000000285. The summed E-state index contributed by atoms with van der Waals surface area (Å²) in [6, 6.07) is 9.97. The van der Waals surface area contributed by atoms with Crippen LogP contribution in [0.3, 0.4) is 0 Å². The van der Waals surface area contributed by atoms with Crippen LogP contribution in [-0.2, 0) is 0 Å². The van der Waals surface area contributed by atoms with Crippen molar-refractivity contribution in [3.63, 3.8) is 0 Å². The molecule has 0 amide bonds. The van der Waals surface area contributed by atoms with Gasteiger partial charge in [-0.25, -0.2) is 0 Å². The van der Waals surface area contributed by atoms with Crippen molar-refractivity contribution in [3.05, 3.63) is 41.5 Å². The zero-order valence-electron chi connectivity index (χ0n) is 12.6. The lowest BCUT2D eigenvalue weighted by Gasteiger charge is -1.94. The number of aliphatic hydroxyl groups is 1. The fourth-order valence-electron chi connectivity index (χ4n) is 0.879. The van der Waals surface area contributed by atoms with E-state index in [4.69, 9.17) is 5.11 Å². The van der Waals surface area contributed by atoms with Crippen LogP contribution < -0.4 is 0 Å². The Bertz CT molecular complexity index is 237. The van der Waals surface area contributed by atoms with Crippen molar-refractivity contribution in [3.8, 4) is 0 Å². The fraction of sp³-hybridized carbons (Fsp3) is 0.500. The van der Waals surface area contributed by atoms with Crippen molar-refractivity contribution in [1.82, 2.24) is 0 Å². The average molecular weight is 238 g/mol. The molecule has 17 heavy (non-hydrogen) atoms. The standard InChI is InChI=1S/C10H12O.3C2H6/c1-9(8-11)7-10-5-3-2-4-6-10;3*1-2/h2-7,11H,8H2,1H3;3*1-2H3/b9-7+;;;. The molecule has 1 nitrogen and oxygen atoms in total. The van der Waals surface area contributed by atoms with Gasteiger partial charge in [-0.2, -0.15) is 0 Å². The molecule has 1 aromatic rings. The van der Waals surface area contributed by atoms with Gasteiger partial charge in [0.1, 0.15) is 0 Å². The van der Waals surface area contributed by atoms with Gasteiger partial charge in [0.25, 0.3) is 0 Å². The first-order valence-electron chi connectivity index (χ1n) is 6.66. The summed E-state index contributed by atoms with van der Waals surface area (Å²) in [6.45, 7) is 14.0. The van der Waals surface area contributed by atoms with E-state index in [9.17, 15) is 0 Å². The van der Waals surface area contributed by atoms with Crippen molar-refractivity contribution in [2.24, 2.45) is 0 Å². The van der Waals surface area contributed by atoms with Crippen molar-refractivity contribution in [1.29, 1.82) is 0 Å². The van der Waals surface area contributed by atoms with Gasteiger partial charge in [0.05, 0.1) is 6.61 Å². The predicted octanol–water partition coefficient (Wildman–Crippen LogP) is 5.16. The molecule has 100 valence electrons. The third-order valence-corrected chi connectivity index (χ3v) is 1.46. The number of aliphatic hydroxyl groups excluding tert-OH is 1. The summed E-state index contributed by atoms with van der Waals surface area (Å²) in [5, 5.41) is 8.73. The fourth-order valence-corrected chi connectivity index (χ4v) is 0.879. The van der Waals surface area contributed by atoms with Crippen LogP contribution in [0.4, 0.5) is 0 Å². The van der Waals surface area contributed by atoms with Crippen LogP contribution in [0.25, 0.3) is 6.08 Å². The molecule has 0 fully saturated rings. The number of rotatable bonds is 2. The highest BCUT2D eigenvalue weighted by Crippen LogP contribution is 2.04. The molecule has 1 heteroatoms. The van der Waals surface area contributed by atoms with E-state index in [1.807, 2.05) is 84.9 Å². The maximum absolute atomic E-state index is 8.73. The van der Waals surface area contributed by atoms with E-state index in [-0.39, 0.29) is 6.61 Å². The van der Waals surface area contributed by atoms with Crippen molar-refractivity contribution >= 4 is 6.08 Å². The number of hydrogen-bond donors (Lipinski definition) is 1. The molecule has 1 N–H and O–H groups in total. The van der Waals surface area contributed by atoms with Crippen LogP contribution in [0.5, 0.6) is 0 Å². The second-order valence-corrected chi connectivity index (χ2v) is 2.56. The van der Waals surface area contributed by atoms with Gasteiger partial charge >= 0.3 is 0 Å². The topological polar surface area (TPSA) is 20.2 Å². The Morgan fingerprint density at radius 3 is 1.71 bits per heavy atom. The highest BCUT2D eigenvalue weighted by molar-refractivity contribution is 5.51. The van der Waals surface area contributed by atoms with E-state index < -0.39 is 0 Å². The second-order valence-electron chi connectivity index (χ2n) is 2.56. The molecule has 0 saturated heterocycles. The van der Waals surface area contributed by atoms with Gasteiger partial charge in [-0.15, -0.1) is 0 Å². The zero-order valence-corrected chi connectivity index (χ0v) is 12.6. The summed E-state index contributed by atoms with van der Waals surface area (Å²) in [6.07, 6.45) is 1.97. The SMILES string of the molecule is C/C(=C\c1ccccc1)CO.CC.CC.CC. The molecule has 0 aliphatic carbocycles. The van der Waals surface area contributed by atoms with E-state index in [0.717, 1.165) is 11.1 Å². The van der Waals surface area contributed by atoms with Crippen LogP contribution >= 0.6 is 0 Å². The molecule has 0 radical (unpaired) electrons. The van der Waals surface area contributed by atoms with Crippen molar-refractivity contribution < 1.29 is 5.11 Å². The van der Waals surface area contributed by atoms with E-state index in [1.54, 1.807) is 0 Å². The lowest BCUT2D eigenvalue weighted by Crippen LogP contribution is -1.82. The van der Waals surface area contributed by atoms with Crippen LogP contribution in [0.2, 0.25) is 0 Å². The van der Waals surface area contributed by atoms with E-state index in [0.29, 0.717) is 0 Å². The summed E-state index contributed by atoms with van der Waals surface area (Å²) < 4.78 is 0. The first-order chi connectivity index (χ1) is 8.33. The molecule has 0 aliphatic rings. The largest absolute Gasteiger partial charge is 0.392 e. The van der Waals surface area contributed by atoms with Gasteiger partial charge in [-0.05, 0) is 18.1 Å². The molecule has 0 bridgehead atoms. The Kier molecular flexibility index (Phi) is 25.4. The summed E-state index contributed by atoms with van der Waals surface area (Å²) in [5.41, 5.74) is 2.12. The van der Waals surface area contributed by atoms with E-state index in [2.05, 4.69) is 0 Å². The lowest BCUT2D eigenvalue weighted by atomic mass is 10.1. The first kappa shape index (κ1) is 21.2. The summed E-state index contributed by atoms with van der Waals surface area (Å²) in [4.78, 5) is 0. The molecule has 0 unspecified atom stereocenters. The highest BCUT2D eigenvalue weighted by atomic mass is 16.3. The van der Waals surface area contributed by atoms with Gasteiger partial charge < -0.3 is 5.11 Å². The second kappa shape index (κ2) is 20.3. The Labute approximate surface area is 108 Å². The monoisotopic (exact) mass is 238 g/mol. The molecule has 0 atom stereocenters. The van der Waals surface area contributed by atoms with Crippen LogP contribution in [0, 0.1) is 0 Å². The molecule has 1 aromatic carbocycles. The molecule has 0 saturated carbocycles. The quantitative estimate of drug-likeness (QED) is 0.754. The third kappa shape index (κ3) is 14.9. The Morgan fingerprint density at radius 2 is 1.35 bits per heavy atom. The first-order valence-corrected chi connectivity index (χ1v) is 6.66. The van der Waals surface area contributed by atoms with Gasteiger partial charge in [0.15, 0.2) is 0 Å². The van der Waals surface area contributed by atoms with Gasteiger partial charge in [0.2, 0.25) is 0 Å². The van der Waals surface area contributed by atoms with Gasteiger partial charge in [-0.1, -0.05) is 78.0 Å². The number of hydrogen-bond acceptors (Lipinski definition) is 1. The predicted molar refractivity (Wildman–Crippen MR) is 81.2 cm³/mol. The van der Waals surface area contributed by atoms with Gasteiger partial charge in [0, 0.05) is 0 Å². The summed E-state index contributed by atoms with van der Waals surface area (Å²) in [5.74, 6) is 0. The van der Waals surface area contributed by atoms with E-state index in [1.165, 1.54) is 0 Å². The maximum atomic E-state index is 8.73. The zero-order chi connectivity index (χ0) is 14.1. The Morgan fingerprint density at radius 1 is 0.941 bits per heavy atom. The minimum atomic E-state index is 0.134. The smallest absolute Gasteiger partial charge is 0.0642 e. The molecular formula is C16H30O. The molecular weight excluding hydrogens is 208 g/mol. The summed E-state index contributed by atoms with van der Waals surface area (Å²) >= 11 is 0. The van der Waals surface area contributed by atoms with Crippen LogP contribution in [0.1, 0.15) is 54.0 Å². The molecule has 1 rings (SSSR count). The molecule has 0 heterocycles. The van der Waals surface area contributed by atoms with Crippen LogP contribution in [-0.4, -0.2) is 11.7 Å².